The van der Waals surface area contributed by atoms with Crippen molar-refractivity contribution in [3.63, 3.8) is 0 Å². The van der Waals surface area contributed by atoms with Gasteiger partial charge in [0.2, 0.25) is 0 Å². The maximum atomic E-state index is 5.92. The molecular formula is C12H22N4O. The van der Waals surface area contributed by atoms with Gasteiger partial charge in [0, 0.05) is 19.0 Å². The van der Waals surface area contributed by atoms with Gasteiger partial charge in [-0.15, -0.1) is 0 Å². The molecule has 0 aromatic carbocycles. The topological polar surface area (TPSA) is 52.0 Å². The van der Waals surface area contributed by atoms with Crippen LogP contribution in [0.5, 0.6) is 0 Å². The van der Waals surface area contributed by atoms with Crippen molar-refractivity contribution in [3.05, 3.63) is 12.2 Å². The molecule has 1 fully saturated rings. The lowest BCUT2D eigenvalue weighted by molar-refractivity contribution is 0.0331. The maximum Gasteiger partial charge on any atom is 0.138 e. The molecule has 1 saturated heterocycles. The Morgan fingerprint density at radius 3 is 3.00 bits per heavy atom. The minimum atomic E-state index is 0.303. The Labute approximate surface area is 103 Å². The van der Waals surface area contributed by atoms with Crippen LogP contribution in [-0.4, -0.2) is 40.1 Å². The lowest BCUT2D eigenvalue weighted by Crippen LogP contribution is -2.40. The van der Waals surface area contributed by atoms with E-state index in [0.29, 0.717) is 18.2 Å². The number of aromatic nitrogens is 3. The van der Waals surface area contributed by atoms with Crippen molar-refractivity contribution in [2.75, 3.05) is 7.05 Å². The van der Waals surface area contributed by atoms with E-state index in [4.69, 9.17) is 4.74 Å². The SMILES string of the molecule is CCn1ncnc1CC(NC)C1CCC(C)O1. The van der Waals surface area contributed by atoms with Gasteiger partial charge in [0.05, 0.1) is 12.2 Å². The first-order valence-corrected chi connectivity index (χ1v) is 6.44. The molecule has 3 unspecified atom stereocenters. The number of aryl methyl sites for hydroxylation is 1. The molecule has 0 aliphatic carbocycles. The average molecular weight is 238 g/mol. The zero-order valence-electron chi connectivity index (χ0n) is 10.9. The van der Waals surface area contributed by atoms with Gasteiger partial charge in [-0.05, 0) is 33.7 Å². The summed E-state index contributed by atoms with van der Waals surface area (Å²) < 4.78 is 7.86. The fourth-order valence-corrected chi connectivity index (χ4v) is 2.46. The van der Waals surface area contributed by atoms with Crippen LogP contribution in [0.4, 0.5) is 0 Å². The summed E-state index contributed by atoms with van der Waals surface area (Å²) in [6.45, 7) is 5.09. The molecule has 3 atom stereocenters. The van der Waals surface area contributed by atoms with Crippen LogP contribution in [0, 0.1) is 0 Å². The van der Waals surface area contributed by atoms with Crippen molar-refractivity contribution in [1.29, 1.82) is 0 Å². The van der Waals surface area contributed by atoms with E-state index in [9.17, 15) is 0 Å². The Bertz CT molecular complexity index is 352. The van der Waals surface area contributed by atoms with E-state index in [1.165, 1.54) is 0 Å². The number of nitrogens with zero attached hydrogens (tertiary/aromatic N) is 3. The number of hydrogen-bond donors (Lipinski definition) is 1. The number of nitrogens with one attached hydrogen (secondary N) is 1. The van der Waals surface area contributed by atoms with Crippen LogP contribution < -0.4 is 5.32 Å². The molecule has 5 nitrogen and oxygen atoms in total. The first kappa shape index (κ1) is 12.5. The zero-order chi connectivity index (χ0) is 12.3. The molecule has 17 heavy (non-hydrogen) atoms. The Morgan fingerprint density at radius 1 is 1.59 bits per heavy atom. The highest BCUT2D eigenvalue weighted by atomic mass is 16.5. The molecule has 0 amide bonds. The molecule has 1 aliphatic heterocycles. The van der Waals surface area contributed by atoms with Crippen LogP contribution in [0.3, 0.4) is 0 Å². The van der Waals surface area contributed by atoms with E-state index < -0.39 is 0 Å². The van der Waals surface area contributed by atoms with Crippen molar-refractivity contribution in [2.24, 2.45) is 0 Å². The van der Waals surface area contributed by atoms with Crippen LogP contribution in [-0.2, 0) is 17.7 Å². The minimum Gasteiger partial charge on any atom is -0.374 e. The summed E-state index contributed by atoms with van der Waals surface area (Å²) in [5, 5.41) is 7.55. The van der Waals surface area contributed by atoms with Gasteiger partial charge in [-0.25, -0.2) is 4.98 Å². The van der Waals surface area contributed by atoms with E-state index in [1.54, 1.807) is 6.33 Å². The summed E-state index contributed by atoms with van der Waals surface area (Å²) in [4.78, 5) is 4.32. The van der Waals surface area contributed by atoms with E-state index in [0.717, 1.165) is 31.6 Å². The van der Waals surface area contributed by atoms with E-state index in [-0.39, 0.29) is 0 Å². The standard InChI is InChI=1S/C12H22N4O/c1-4-16-12(14-8-15-16)7-10(13-3)11-6-5-9(2)17-11/h8-11,13H,4-7H2,1-3H3. The molecular weight excluding hydrogens is 216 g/mol. The van der Waals surface area contributed by atoms with E-state index in [2.05, 4.69) is 29.2 Å². The number of likely N-dealkylation sites (N-methyl/N-ethyl adjacent to an activating group) is 1. The van der Waals surface area contributed by atoms with Crippen LogP contribution in [0.1, 0.15) is 32.5 Å². The lowest BCUT2D eigenvalue weighted by Gasteiger charge is -2.22. The normalized spacial score (nSPS) is 26.3. The Kier molecular flexibility index (Phi) is 4.12. The monoisotopic (exact) mass is 238 g/mol. The zero-order valence-corrected chi connectivity index (χ0v) is 10.9. The van der Waals surface area contributed by atoms with Gasteiger partial charge in [0.25, 0.3) is 0 Å². The quantitative estimate of drug-likeness (QED) is 0.831. The first-order chi connectivity index (χ1) is 8.24. The molecule has 0 radical (unpaired) electrons. The van der Waals surface area contributed by atoms with Gasteiger partial charge < -0.3 is 10.1 Å². The minimum absolute atomic E-state index is 0.303. The van der Waals surface area contributed by atoms with Crippen molar-refractivity contribution in [3.8, 4) is 0 Å². The predicted octanol–water partition coefficient (Wildman–Crippen LogP) is 0.996. The molecule has 5 heteroatoms. The molecule has 1 N–H and O–H groups in total. The van der Waals surface area contributed by atoms with Crippen molar-refractivity contribution in [1.82, 2.24) is 20.1 Å². The fraction of sp³-hybridized carbons (Fsp3) is 0.833. The first-order valence-electron chi connectivity index (χ1n) is 6.44. The second kappa shape index (κ2) is 5.60. The smallest absolute Gasteiger partial charge is 0.138 e. The van der Waals surface area contributed by atoms with Gasteiger partial charge >= 0.3 is 0 Å². The van der Waals surface area contributed by atoms with Gasteiger partial charge in [-0.1, -0.05) is 0 Å². The second-order valence-electron chi connectivity index (χ2n) is 4.65. The highest BCUT2D eigenvalue weighted by Crippen LogP contribution is 2.23. The van der Waals surface area contributed by atoms with Gasteiger partial charge in [-0.3, -0.25) is 4.68 Å². The van der Waals surface area contributed by atoms with Crippen molar-refractivity contribution < 1.29 is 4.74 Å². The summed E-state index contributed by atoms with van der Waals surface area (Å²) in [6, 6.07) is 0.328. The lowest BCUT2D eigenvalue weighted by atomic mass is 10.0. The van der Waals surface area contributed by atoms with Crippen LogP contribution >= 0.6 is 0 Å². The van der Waals surface area contributed by atoms with Gasteiger partial charge in [0.15, 0.2) is 0 Å². The largest absolute Gasteiger partial charge is 0.374 e. The van der Waals surface area contributed by atoms with Gasteiger partial charge in [-0.2, -0.15) is 5.10 Å². The molecule has 0 bridgehead atoms. The third-order valence-corrected chi connectivity index (χ3v) is 3.48. The summed E-state index contributed by atoms with van der Waals surface area (Å²) in [7, 11) is 1.99. The number of hydrogen-bond acceptors (Lipinski definition) is 4. The highest BCUT2D eigenvalue weighted by molar-refractivity contribution is 4.94. The molecule has 2 heterocycles. The summed E-state index contributed by atoms with van der Waals surface area (Å²) in [5.41, 5.74) is 0. The predicted molar refractivity (Wildman–Crippen MR) is 65.8 cm³/mol. The molecule has 1 aromatic heterocycles. The average Bonchev–Trinajstić information content (AvgIpc) is 2.94. The van der Waals surface area contributed by atoms with E-state index in [1.807, 2.05) is 11.7 Å². The molecule has 96 valence electrons. The summed E-state index contributed by atoms with van der Waals surface area (Å²) >= 11 is 0. The van der Waals surface area contributed by atoms with Crippen molar-refractivity contribution >= 4 is 0 Å². The molecule has 1 aromatic rings. The highest BCUT2D eigenvalue weighted by Gasteiger charge is 2.29. The van der Waals surface area contributed by atoms with Crippen LogP contribution in [0.2, 0.25) is 0 Å². The number of ether oxygens (including phenoxy) is 1. The second-order valence-corrected chi connectivity index (χ2v) is 4.65. The summed E-state index contributed by atoms with van der Waals surface area (Å²) in [5.74, 6) is 1.04. The van der Waals surface area contributed by atoms with E-state index >= 15 is 0 Å². The van der Waals surface area contributed by atoms with Crippen molar-refractivity contribution in [2.45, 2.75) is 57.9 Å². The third kappa shape index (κ3) is 2.84. The molecule has 0 spiro atoms. The fourth-order valence-electron chi connectivity index (χ4n) is 2.46. The Hall–Kier alpha value is -0.940. The summed E-state index contributed by atoms with van der Waals surface area (Å²) in [6.07, 6.45) is 5.48. The molecule has 0 saturated carbocycles. The third-order valence-electron chi connectivity index (χ3n) is 3.48. The van der Waals surface area contributed by atoms with Gasteiger partial charge in [0.1, 0.15) is 12.2 Å². The number of rotatable bonds is 5. The van der Waals surface area contributed by atoms with Crippen LogP contribution in [0.15, 0.2) is 6.33 Å². The van der Waals surface area contributed by atoms with Crippen LogP contribution in [0.25, 0.3) is 0 Å². The maximum absolute atomic E-state index is 5.92. The Balaban J connectivity index is 2.00. The Morgan fingerprint density at radius 2 is 2.41 bits per heavy atom. The molecule has 1 aliphatic rings. The molecule has 2 rings (SSSR count).